The van der Waals surface area contributed by atoms with Crippen molar-refractivity contribution >= 4 is 22.5 Å². The summed E-state index contributed by atoms with van der Waals surface area (Å²) in [6, 6.07) is 14.9. The Kier molecular flexibility index (Phi) is 3.20. The number of hydrogen-bond donors (Lipinski definition) is 1. The van der Waals surface area contributed by atoms with E-state index in [0.29, 0.717) is 29.3 Å². The fourth-order valence-corrected chi connectivity index (χ4v) is 2.14. The van der Waals surface area contributed by atoms with Gasteiger partial charge in [-0.3, -0.25) is 0 Å². The van der Waals surface area contributed by atoms with E-state index in [1.54, 1.807) is 24.3 Å². The predicted molar refractivity (Wildman–Crippen MR) is 81.7 cm³/mol. The summed E-state index contributed by atoms with van der Waals surface area (Å²) < 4.78 is 5.70. The van der Waals surface area contributed by atoms with Crippen LogP contribution in [0.4, 0.5) is 11.4 Å². The Balaban J connectivity index is 1.81. The monoisotopic (exact) mass is 278 g/mol. The number of fused-ring (bicyclic) bond motifs is 1. The second kappa shape index (κ2) is 5.17. The van der Waals surface area contributed by atoms with Crippen LogP contribution in [0.25, 0.3) is 11.1 Å². The number of nitriles is 1. The van der Waals surface area contributed by atoms with Gasteiger partial charge in [0.2, 0.25) is 5.89 Å². The Morgan fingerprint density at radius 1 is 1.24 bits per heavy atom. The molecule has 0 saturated heterocycles. The number of anilines is 2. The molecule has 0 spiro atoms. The first-order valence-corrected chi connectivity index (χ1v) is 6.52. The van der Waals surface area contributed by atoms with Crippen LogP contribution in [-0.4, -0.2) is 12.0 Å². The molecule has 0 atom stereocenters. The Morgan fingerprint density at radius 2 is 2.00 bits per heavy atom. The molecule has 1 aromatic heterocycles. The molecule has 0 bridgehead atoms. The standard InChI is InChI=1S/C16H14N4O/c1-20(13-5-2-11(9-17)3-6-13)10-16-19-14-7-4-12(18)8-15(14)21-16/h2-8H,10,18H2,1H3. The molecule has 5 nitrogen and oxygen atoms in total. The molecule has 0 saturated carbocycles. The number of benzene rings is 2. The van der Waals surface area contributed by atoms with Crippen molar-refractivity contribution in [3.63, 3.8) is 0 Å². The molecular formula is C16H14N4O. The van der Waals surface area contributed by atoms with Crippen LogP contribution in [0.1, 0.15) is 11.5 Å². The number of aromatic nitrogens is 1. The van der Waals surface area contributed by atoms with Crippen LogP contribution >= 0.6 is 0 Å². The smallest absolute Gasteiger partial charge is 0.215 e. The van der Waals surface area contributed by atoms with E-state index in [0.717, 1.165) is 11.2 Å². The van der Waals surface area contributed by atoms with Gasteiger partial charge in [0.05, 0.1) is 18.2 Å². The van der Waals surface area contributed by atoms with Crippen molar-refractivity contribution in [2.45, 2.75) is 6.54 Å². The van der Waals surface area contributed by atoms with Crippen molar-refractivity contribution in [1.29, 1.82) is 5.26 Å². The second-order valence-corrected chi connectivity index (χ2v) is 4.85. The predicted octanol–water partition coefficient (Wildman–Crippen LogP) is 2.92. The lowest BCUT2D eigenvalue weighted by molar-refractivity contribution is 0.527. The molecule has 0 unspecified atom stereocenters. The van der Waals surface area contributed by atoms with E-state index in [9.17, 15) is 0 Å². The summed E-state index contributed by atoms with van der Waals surface area (Å²) >= 11 is 0. The normalized spacial score (nSPS) is 10.5. The van der Waals surface area contributed by atoms with Gasteiger partial charge in [0.15, 0.2) is 5.58 Å². The van der Waals surface area contributed by atoms with E-state index >= 15 is 0 Å². The average Bonchev–Trinajstić information content (AvgIpc) is 2.88. The SMILES string of the molecule is CN(Cc1nc2ccc(N)cc2o1)c1ccc(C#N)cc1. The van der Waals surface area contributed by atoms with E-state index in [1.165, 1.54) is 0 Å². The molecule has 0 aliphatic carbocycles. The summed E-state index contributed by atoms with van der Waals surface area (Å²) in [6.45, 7) is 0.542. The molecule has 104 valence electrons. The van der Waals surface area contributed by atoms with Gasteiger partial charge in [0, 0.05) is 24.5 Å². The first-order chi connectivity index (χ1) is 10.2. The summed E-state index contributed by atoms with van der Waals surface area (Å²) in [7, 11) is 1.95. The highest BCUT2D eigenvalue weighted by Crippen LogP contribution is 2.21. The van der Waals surface area contributed by atoms with Gasteiger partial charge in [-0.2, -0.15) is 5.26 Å². The summed E-state index contributed by atoms with van der Waals surface area (Å²) in [4.78, 5) is 6.45. The van der Waals surface area contributed by atoms with Crippen LogP contribution in [0.5, 0.6) is 0 Å². The van der Waals surface area contributed by atoms with Crippen molar-refractivity contribution in [2.24, 2.45) is 0 Å². The highest BCUT2D eigenvalue weighted by Gasteiger charge is 2.09. The van der Waals surface area contributed by atoms with Gasteiger partial charge in [-0.25, -0.2) is 4.98 Å². The number of nitrogens with two attached hydrogens (primary N) is 1. The molecule has 0 fully saturated rings. The van der Waals surface area contributed by atoms with E-state index in [4.69, 9.17) is 15.4 Å². The fourth-order valence-electron chi connectivity index (χ4n) is 2.14. The number of nitrogen functional groups attached to an aromatic ring is 1. The maximum absolute atomic E-state index is 8.81. The van der Waals surface area contributed by atoms with Crippen molar-refractivity contribution in [3.8, 4) is 6.07 Å². The lowest BCUT2D eigenvalue weighted by atomic mass is 10.2. The number of nitrogens with zero attached hydrogens (tertiary/aromatic N) is 3. The van der Waals surface area contributed by atoms with Crippen molar-refractivity contribution in [1.82, 2.24) is 4.98 Å². The zero-order valence-corrected chi connectivity index (χ0v) is 11.6. The molecule has 0 aliphatic rings. The lowest BCUT2D eigenvalue weighted by Gasteiger charge is -2.16. The molecule has 3 rings (SSSR count). The minimum atomic E-state index is 0.542. The van der Waals surface area contributed by atoms with Gasteiger partial charge >= 0.3 is 0 Å². The van der Waals surface area contributed by atoms with Crippen molar-refractivity contribution in [2.75, 3.05) is 17.7 Å². The molecule has 0 radical (unpaired) electrons. The molecule has 5 heteroatoms. The third-order valence-electron chi connectivity index (χ3n) is 3.27. The van der Waals surface area contributed by atoms with Gasteiger partial charge in [-0.1, -0.05) is 0 Å². The van der Waals surface area contributed by atoms with Crippen LogP contribution in [0.3, 0.4) is 0 Å². The largest absolute Gasteiger partial charge is 0.439 e. The van der Waals surface area contributed by atoms with Crippen LogP contribution in [-0.2, 0) is 6.54 Å². The first kappa shape index (κ1) is 13.0. The number of rotatable bonds is 3. The van der Waals surface area contributed by atoms with Gasteiger partial charge in [-0.15, -0.1) is 0 Å². The Hall–Kier alpha value is -3.00. The number of oxazole rings is 1. The lowest BCUT2D eigenvalue weighted by Crippen LogP contribution is -2.16. The van der Waals surface area contributed by atoms with Crippen molar-refractivity contribution in [3.05, 3.63) is 53.9 Å². The molecule has 3 aromatic rings. The maximum Gasteiger partial charge on any atom is 0.215 e. The minimum absolute atomic E-state index is 0.542. The number of hydrogen-bond acceptors (Lipinski definition) is 5. The van der Waals surface area contributed by atoms with E-state index in [-0.39, 0.29) is 0 Å². The van der Waals surface area contributed by atoms with E-state index in [2.05, 4.69) is 11.1 Å². The van der Waals surface area contributed by atoms with Crippen molar-refractivity contribution < 1.29 is 4.42 Å². The van der Waals surface area contributed by atoms with Crippen LogP contribution < -0.4 is 10.6 Å². The summed E-state index contributed by atoms with van der Waals surface area (Å²) in [6.07, 6.45) is 0. The molecule has 21 heavy (non-hydrogen) atoms. The molecule has 0 aliphatic heterocycles. The summed E-state index contributed by atoms with van der Waals surface area (Å²) in [5, 5.41) is 8.81. The Bertz CT molecular complexity index is 814. The first-order valence-electron chi connectivity index (χ1n) is 6.52. The molecule has 2 aromatic carbocycles. The Morgan fingerprint density at radius 3 is 2.71 bits per heavy atom. The second-order valence-electron chi connectivity index (χ2n) is 4.85. The topological polar surface area (TPSA) is 79.1 Å². The minimum Gasteiger partial charge on any atom is -0.439 e. The molecular weight excluding hydrogens is 264 g/mol. The summed E-state index contributed by atoms with van der Waals surface area (Å²) in [5.41, 5.74) is 9.52. The quantitative estimate of drug-likeness (QED) is 0.745. The average molecular weight is 278 g/mol. The van der Waals surface area contributed by atoms with Gasteiger partial charge in [-0.05, 0) is 36.4 Å². The summed E-state index contributed by atoms with van der Waals surface area (Å²) in [5.74, 6) is 0.627. The molecule has 1 heterocycles. The zero-order chi connectivity index (χ0) is 14.8. The van der Waals surface area contributed by atoms with Gasteiger partial charge in [0.25, 0.3) is 0 Å². The third kappa shape index (κ3) is 2.65. The molecule has 0 amide bonds. The van der Waals surface area contributed by atoms with E-state index < -0.39 is 0 Å². The van der Waals surface area contributed by atoms with E-state index in [1.807, 2.05) is 30.1 Å². The Labute approximate surface area is 122 Å². The zero-order valence-electron chi connectivity index (χ0n) is 11.6. The highest BCUT2D eigenvalue weighted by atomic mass is 16.3. The third-order valence-corrected chi connectivity index (χ3v) is 3.27. The van der Waals surface area contributed by atoms with Crippen LogP contribution in [0, 0.1) is 11.3 Å². The van der Waals surface area contributed by atoms with Gasteiger partial charge in [0.1, 0.15) is 5.52 Å². The van der Waals surface area contributed by atoms with Crippen LogP contribution in [0.2, 0.25) is 0 Å². The van der Waals surface area contributed by atoms with Crippen LogP contribution in [0.15, 0.2) is 46.9 Å². The maximum atomic E-state index is 8.81. The van der Waals surface area contributed by atoms with Gasteiger partial charge < -0.3 is 15.1 Å². The molecule has 2 N–H and O–H groups in total. The fraction of sp³-hybridized carbons (Fsp3) is 0.125. The highest BCUT2D eigenvalue weighted by molar-refractivity contribution is 5.76.